The molecule has 0 aromatic heterocycles. The summed E-state index contributed by atoms with van der Waals surface area (Å²) in [7, 11) is 5.52. The molecule has 0 unspecified atom stereocenters. The smallest absolute Gasteiger partial charge is 0.155 e. The molecule has 1 heterocycles. The Hall–Kier alpha value is -2.14. The number of nitrogens with one attached hydrogen (secondary N) is 1. The average Bonchev–Trinajstić information content (AvgIpc) is 2.39. The van der Waals surface area contributed by atoms with Gasteiger partial charge in [0.25, 0.3) is 0 Å². The number of ether oxygens (including phenoxy) is 2. The maximum atomic E-state index is 7.76. The number of methoxy groups -OCH3 is 1. The SMILES string of the molecule is COCC(=N)/C=C1/Oc2cc(N(C)C)ccc2N=C1C. The van der Waals surface area contributed by atoms with Gasteiger partial charge in [0.2, 0.25) is 0 Å². The molecular formula is C15H19N3O2. The Bertz CT molecular complexity index is 589. The van der Waals surface area contributed by atoms with Crippen LogP contribution in [0.5, 0.6) is 5.75 Å². The van der Waals surface area contributed by atoms with Crippen molar-refractivity contribution in [3.05, 3.63) is 30.0 Å². The van der Waals surface area contributed by atoms with Crippen LogP contribution in [-0.4, -0.2) is 39.2 Å². The number of aliphatic imine (C=N–C) groups is 1. The molecule has 5 heteroatoms. The van der Waals surface area contributed by atoms with Crippen molar-refractivity contribution in [1.82, 2.24) is 0 Å². The molecule has 0 saturated carbocycles. The minimum Gasteiger partial charge on any atom is -0.453 e. The van der Waals surface area contributed by atoms with Gasteiger partial charge in [-0.2, -0.15) is 0 Å². The molecule has 0 amide bonds. The lowest BCUT2D eigenvalue weighted by atomic mass is 10.2. The van der Waals surface area contributed by atoms with Crippen molar-refractivity contribution >= 4 is 22.8 Å². The first-order chi connectivity index (χ1) is 9.51. The van der Waals surface area contributed by atoms with Gasteiger partial charge in [0.15, 0.2) is 11.5 Å². The zero-order valence-corrected chi connectivity index (χ0v) is 12.2. The van der Waals surface area contributed by atoms with Crippen molar-refractivity contribution in [3.8, 4) is 5.75 Å². The molecule has 1 aromatic rings. The summed E-state index contributed by atoms with van der Waals surface area (Å²) in [6.45, 7) is 2.12. The molecule has 1 aromatic carbocycles. The highest BCUT2D eigenvalue weighted by Crippen LogP contribution is 2.36. The number of nitrogens with zero attached hydrogens (tertiary/aromatic N) is 2. The number of allylic oxidation sites excluding steroid dienone is 1. The van der Waals surface area contributed by atoms with Crippen LogP contribution in [0.4, 0.5) is 11.4 Å². The standard InChI is InChI=1S/C15H19N3O2/c1-10-14(7-11(16)9-19-4)20-15-8-12(18(2)3)5-6-13(15)17-10/h5-8,16H,9H2,1-4H3/b14-7+,16-11?. The lowest BCUT2D eigenvalue weighted by Gasteiger charge is -2.20. The zero-order valence-electron chi connectivity index (χ0n) is 12.2. The number of hydrogen-bond acceptors (Lipinski definition) is 5. The maximum Gasteiger partial charge on any atom is 0.155 e. The van der Waals surface area contributed by atoms with E-state index in [9.17, 15) is 0 Å². The van der Waals surface area contributed by atoms with Crippen LogP contribution < -0.4 is 9.64 Å². The Morgan fingerprint density at radius 1 is 1.45 bits per heavy atom. The van der Waals surface area contributed by atoms with Crippen LogP contribution >= 0.6 is 0 Å². The number of anilines is 1. The second-order valence-corrected chi connectivity index (χ2v) is 4.81. The first-order valence-electron chi connectivity index (χ1n) is 6.34. The predicted molar refractivity (Wildman–Crippen MR) is 81.9 cm³/mol. The van der Waals surface area contributed by atoms with E-state index in [1.807, 2.05) is 44.1 Å². The van der Waals surface area contributed by atoms with Crippen LogP contribution in [0.15, 0.2) is 35.0 Å². The van der Waals surface area contributed by atoms with Crippen LogP contribution in [0, 0.1) is 5.41 Å². The quantitative estimate of drug-likeness (QED) is 0.858. The van der Waals surface area contributed by atoms with E-state index in [1.54, 1.807) is 13.2 Å². The molecule has 0 aliphatic carbocycles. The fourth-order valence-corrected chi connectivity index (χ4v) is 1.87. The van der Waals surface area contributed by atoms with Gasteiger partial charge in [0.05, 0.1) is 18.0 Å². The van der Waals surface area contributed by atoms with Crippen molar-refractivity contribution in [2.75, 3.05) is 32.7 Å². The summed E-state index contributed by atoms with van der Waals surface area (Å²) >= 11 is 0. The molecule has 5 nitrogen and oxygen atoms in total. The van der Waals surface area contributed by atoms with Gasteiger partial charge in [0, 0.05) is 39.0 Å². The van der Waals surface area contributed by atoms with E-state index < -0.39 is 0 Å². The summed E-state index contributed by atoms with van der Waals surface area (Å²) in [5.74, 6) is 1.30. The van der Waals surface area contributed by atoms with Crippen molar-refractivity contribution in [3.63, 3.8) is 0 Å². The normalized spacial score (nSPS) is 15.4. The van der Waals surface area contributed by atoms with Gasteiger partial charge in [-0.3, -0.25) is 0 Å². The number of benzene rings is 1. The highest BCUT2D eigenvalue weighted by molar-refractivity contribution is 6.06. The van der Waals surface area contributed by atoms with Gasteiger partial charge < -0.3 is 19.8 Å². The van der Waals surface area contributed by atoms with Gasteiger partial charge in [-0.25, -0.2) is 4.99 Å². The molecule has 0 atom stereocenters. The van der Waals surface area contributed by atoms with Gasteiger partial charge >= 0.3 is 0 Å². The molecule has 20 heavy (non-hydrogen) atoms. The van der Waals surface area contributed by atoms with E-state index >= 15 is 0 Å². The third-order valence-corrected chi connectivity index (χ3v) is 2.93. The molecule has 1 N–H and O–H groups in total. The van der Waals surface area contributed by atoms with Crippen LogP contribution in [0.3, 0.4) is 0 Å². The lowest BCUT2D eigenvalue weighted by Crippen LogP contribution is -2.14. The number of rotatable bonds is 4. The van der Waals surface area contributed by atoms with Crippen molar-refractivity contribution in [1.29, 1.82) is 5.41 Å². The summed E-state index contributed by atoms with van der Waals surface area (Å²) in [4.78, 5) is 6.51. The predicted octanol–water partition coefficient (Wildman–Crippen LogP) is 2.79. The Morgan fingerprint density at radius 3 is 2.85 bits per heavy atom. The topological polar surface area (TPSA) is 57.9 Å². The third-order valence-electron chi connectivity index (χ3n) is 2.93. The van der Waals surface area contributed by atoms with E-state index in [2.05, 4.69) is 4.99 Å². The second kappa shape index (κ2) is 5.88. The van der Waals surface area contributed by atoms with E-state index in [0.29, 0.717) is 17.2 Å². The highest BCUT2D eigenvalue weighted by atomic mass is 16.5. The monoisotopic (exact) mass is 273 g/mol. The number of hydrogen-bond donors (Lipinski definition) is 1. The molecular weight excluding hydrogens is 254 g/mol. The van der Waals surface area contributed by atoms with Crippen LogP contribution in [0.25, 0.3) is 0 Å². The van der Waals surface area contributed by atoms with E-state index in [0.717, 1.165) is 17.1 Å². The van der Waals surface area contributed by atoms with Crippen molar-refractivity contribution in [2.24, 2.45) is 4.99 Å². The van der Waals surface area contributed by atoms with Gasteiger partial charge in [0.1, 0.15) is 5.69 Å². The number of fused-ring (bicyclic) bond motifs is 1. The lowest BCUT2D eigenvalue weighted by molar-refractivity contribution is 0.245. The Balaban J connectivity index is 2.33. The van der Waals surface area contributed by atoms with Crippen LogP contribution in [0.1, 0.15) is 6.92 Å². The fraction of sp³-hybridized carbons (Fsp3) is 0.333. The Morgan fingerprint density at radius 2 is 2.20 bits per heavy atom. The summed E-state index contributed by atoms with van der Waals surface area (Å²) < 4.78 is 10.8. The van der Waals surface area contributed by atoms with Crippen molar-refractivity contribution < 1.29 is 9.47 Å². The van der Waals surface area contributed by atoms with Crippen molar-refractivity contribution in [2.45, 2.75) is 6.92 Å². The summed E-state index contributed by atoms with van der Waals surface area (Å²) in [6, 6.07) is 5.88. The largest absolute Gasteiger partial charge is 0.453 e. The summed E-state index contributed by atoms with van der Waals surface area (Å²) in [5.41, 5.74) is 2.97. The third kappa shape index (κ3) is 3.05. The van der Waals surface area contributed by atoms with Gasteiger partial charge in [-0.15, -0.1) is 0 Å². The van der Waals surface area contributed by atoms with Gasteiger partial charge in [-0.05, 0) is 19.1 Å². The Labute approximate surface area is 119 Å². The first kappa shape index (κ1) is 14.3. The molecule has 1 aliphatic heterocycles. The summed E-state index contributed by atoms with van der Waals surface area (Å²) in [6.07, 6.45) is 1.65. The minimum atomic E-state index is 0.255. The van der Waals surface area contributed by atoms with E-state index in [-0.39, 0.29) is 6.61 Å². The van der Waals surface area contributed by atoms with E-state index in [4.69, 9.17) is 14.9 Å². The zero-order chi connectivity index (χ0) is 14.7. The van der Waals surface area contributed by atoms with Crippen LogP contribution in [0.2, 0.25) is 0 Å². The average molecular weight is 273 g/mol. The Kier molecular flexibility index (Phi) is 4.20. The summed E-state index contributed by atoms with van der Waals surface area (Å²) in [5, 5.41) is 7.76. The molecule has 106 valence electrons. The second-order valence-electron chi connectivity index (χ2n) is 4.81. The molecule has 0 radical (unpaired) electrons. The molecule has 2 rings (SSSR count). The maximum absolute atomic E-state index is 7.76. The molecule has 0 saturated heterocycles. The molecule has 0 spiro atoms. The highest BCUT2D eigenvalue weighted by Gasteiger charge is 2.17. The fourth-order valence-electron chi connectivity index (χ4n) is 1.87. The van der Waals surface area contributed by atoms with Gasteiger partial charge in [-0.1, -0.05) is 0 Å². The molecule has 0 bridgehead atoms. The molecule has 1 aliphatic rings. The first-order valence-corrected chi connectivity index (χ1v) is 6.34. The minimum absolute atomic E-state index is 0.255. The molecule has 0 fully saturated rings. The van der Waals surface area contributed by atoms with E-state index in [1.165, 1.54) is 0 Å². The van der Waals surface area contributed by atoms with Crippen LogP contribution in [-0.2, 0) is 4.74 Å².